The van der Waals surface area contributed by atoms with Crippen molar-refractivity contribution < 1.29 is 4.79 Å². The number of benzene rings is 1. The first kappa shape index (κ1) is 17.5. The van der Waals surface area contributed by atoms with Crippen LogP contribution in [-0.4, -0.2) is 47.4 Å². The Morgan fingerprint density at radius 2 is 1.79 bits per heavy atom. The van der Waals surface area contributed by atoms with Gasteiger partial charge in [-0.05, 0) is 76.9 Å². The molecule has 2 fully saturated rings. The second-order valence-electron chi connectivity index (χ2n) is 7.72. The number of piperidine rings is 2. The van der Waals surface area contributed by atoms with Crippen molar-refractivity contribution in [3.8, 4) is 0 Å². The van der Waals surface area contributed by atoms with Crippen molar-refractivity contribution in [3.63, 3.8) is 0 Å². The highest BCUT2D eigenvalue weighted by Crippen LogP contribution is 2.24. The van der Waals surface area contributed by atoms with Crippen LogP contribution < -0.4 is 0 Å². The predicted octanol–water partition coefficient (Wildman–Crippen LogP) is 3.73. The van der Waals surface area contributed by atoms with Crippen LogP contribution in [0.4, 0.5) is 0 Å². The van der Waals surface area contributed by atoms with Gasteiger partial charge < -0.3 is 4.90 Å². The van der Waals surface area contributed by atoms with E-state index in [0.29, 0.717) is 11.9 Å². The Balaban J connectivity index is 1.49. The molecule has 24 heavy (non-hydrogen) atoms. The fraction of sp³-hybridized carbons (Fsp3) is 0.667. The first-order chi connectivity index (χ1) is 11.6. The van der Waals surface area contributed by atoms with E-state index in [1.807, 2.05) is 0 Å². The van der Waals surface area contributed by atoms with Crippen LogP contribution >= 0.6 is 0 Å². The molecule has 2 atom stereocenters. The molecule has 2 aliphatic heterocycles. The summed E-state index contributed by atoms with van der Waals surface area (Å²) in [5.41, 5.74) is 1.45. The van der Waals surface area contributed by atoms with Crippen LogP contribution in [0.15, 0.2) is 30.3 Å². The van der Waals surface area contributed by atoms with Crippen molar-refractivity contribution >= 4 is 5.91 Å². The average molecular weight is 329 g/mol. The van der Waals surface area contributed by atoms with E-state index in [1.54, 1.807) is 0 Å². The lowest BCUT2D eigenvalue weighted by Gasteiger charge is -2.40. The zero-order valence-corrected chi connectivity index (χ0v) is 15.3. The zero-order chi connectivity index (χ0) is 16.9. The van der Waals surface area contributed by atoms with Gasteiger partial charge in [0, 0.05) is 12.6 Å². The summed E-state index contributed by atoms with van der Waals surface area (Å²) in [6.07, 6.45) is 7.20. The van der Waals surface area contributed by atoms with Gasteiger partial charge in [-0.15, -0.1) is 0 Å². The fourth-order valence-electron chi connectivity index (χ4n) is 4.31. The van der Waals surface area contributed by atoms with Gasteiger partial charge in [0.1, 0.15) is 0 Å². The van der Waals surface area contributed by atoms with Crippen LogP contribution in [0.2, 0.25) is 0 Å². The molecule has 1 aromatic rings. The molecule has 0 unspecified atom stereocenters. The molecule has 0 radical (unpaired) electrons. The van der Waals surface area contributed by atoms with E-state index in [9.17, 15) is 4.79 Å². The van der Waals surface area contributed by atoms with Gasteiger partial charge in [-0.1, -0.05) is 30.3 Å². The second kappa shape index (κ2) is 8.15. The highest BCUT2D eigenvalue weighted by Gasteiger charge is 2.32. The normalized spacial score (nSPS) is 24.8. The van der Waals surface area contributed by atoms with Gasteiger partial charge in [0.25, 0.3) is 0 Å². The number of hydrogen-bond donors (Lipinski definition) is 0. The van der Waals surface area contributed by atoms with Crippen LogP contribution in [0.3, 0.4) is 0 Å². The number of amides is 1. The number of likely N-dealkylation sites (tertiary alicyclic amines) is 2. The monoisotopic (exact) mass is 328 g/mol. The van der Waals surface area contributed by atoms with Crippen LogP contribution in [0.1, 0.15) is 51.5 Å². The maximum absolute atomic E-state index is 12.9. The second-order valence-corrected chi connectivity index (χ2v) is 7.72. The SMILES string of the molecule is C[C@H](C(=O)N1CCCC[C@H]1C)N1CCC(Cc2ccccc2)CC1. The molecule has 0 aromatic heterocycles. The molecule has 132 valence electrons. The molecule has 3 rings (SSSR count). The summed E-state index contributed by atoms with van der Waals surface area (Å²) < 4.78 is 0. The van der Waals surface area contributed by atoms with E-state index in [4.69, 9.17) is 0 Å². The van der Waals surface area contributed by atoms with Crippen molar-refractivity contribution in [2.24, 2.45) is 5.92 Å². The summed E-state index contributed by atoms with van der Waals surface area (Å²) in [5.74, 6) is 1.11. The minimum Gasteiger partial charge on any atom is -0.339 e. The minimum absolute atomic E-state index is 0.0447. The molecule has 2 aliphatic rings. The summed E-state index contributed by atoms with van der Waals surface area (Å²) in [6, 6.07) is 11.3. The highest BCUT2D eigenvalue weighted by atomic mass is 16.2. The van der Waals surface area contributed by atoms with Crippen LogP contribution in [0, 0.1) is 5.92 Å². The summed E-state index contributed by atoms with van der Waals surface area (Å²) >= 11 is 0. The minimum atomic E-state index is 0.0447. The van der Waals surface area contributed by atoms with E-state index < -0.39 is 0 Å². The summed E-state index contributed by atoms with van der Waals surface area (Å²) in [5, 5.41) is 0. The van der Waals surface area contributed by atoms with Gasteiger partial charge >= 0.3 is 0 Å². The number of rotatable bonds is 4. The lowest BCUT2D eigenvalue weighted by molar-refractivity contribution is -0.140. The Hall–Kier alpha value is -1.35. The molecule has 1 amide bonds. The Morgan fingerprint density at radius 3 is 2.46 bits per heavy atom. The van der Waals surface area contributed by atoms with Gasteiger partial charge in [0.15, 0.2) is 0 Å². The smallest absolute Gasteiger partial charge is 0.239 e. The molecule has 0 N–H and O–H groups in total. The quantitative estimate of drug-likeness (QED) is 0.841. The van der Waals surface area contributed by atoms with E-state index in [2.05, 4.69) is 54.0 Å². The van der Waals surface area contributed by atoms with E-state index in [-0.39, 0.29) is 6.04 Å². The van der Waals surface area contributed by atoms with Gasteiger partial charge in [-0.3, -0.25) is 9.69 Å². The summed E-state index contributed by atoms with van der Waals surface area (Å²) in [4.78, 5) is 17.4. The van der Waals surface area contributed by atoms with Gasteiger partial charge in [-0.25, -0.2) is 0 Å². The topological polar surface area (TPSA) is 23.6 Å². The van der Waals surface area contributed by atoms with Gasteiger partial charge in [0.2, 0.25) is 5.91 Å². The van der Waals surface area contributed by atoms with Crippen molar-refractivity contribution in [3.05, 3.63) is 35.9 Å². The molecule has 1 aromatic carbocycles. The fourth-order valence-corrected chi connectivity index (χ4v) is 4.31. The first-order valence-electron chi connectivity index (χ1n) is 9.73. The third kappa shape index (κ3) is 4.18. The molecular weight excluding hydrogens is 296 g/mol. The molecule has 0 saturated carbocycles. The van der Waals surface area contributed by atoms with E-state index >= 15 is 0 Å². The van der Waals surface area contributed by atoms with E-state index in [0.717, 1.165) is 32.0 Å². The molecular formula is C21H32N2O. The molecule has 2 saturated heterocycles. The Labute approximate surface area is 147 Å². The molecule has 0 aliphatic carbocycles. The van der Waals surface area contributed by atoms with Crippen molar-refractivity contribution in [2.45, 2.75) is 64.5 Å². The van der Waals surface area contributed by atoms with Crippen LogP contribution in [0.25, 0.3) is 0 Å². The lowest BCUT2D eigenvalue weighted by Crippen LogP contribution is -2.53. The van der Waals surface area contributed by atoms with Gasteiger partial charge in [0.05, 0.1) is 6.04 Å². The van der Waals surface area contributed by atoms with Gasteiger partial charge in [-0.2, -0.15) is 0 Å². The molecule has 0 bridgehead atoms. The first-order valence-corrected chi connectivity index (χ1v) is 9.73. The predicted molar refractivity (Wildman–Crippen MR) is 98.9 cm³/mol. The van der Waals surface area contributed by atoms with Crippen molar-refractivity contribution in [1.29, 1.82) is 0 Å². The third-order valence-corrected chi connectivity index (χ3v) is 6.01. The Bertz CT molecular complexity index is 522. The van der Waals surface area contributed by atoms with Crippen molar-refractivity contribution in [2.75, 3.05) is 19.6 Å². The largest absolute Gasteiger partial charge is 0.339 e. The number of hydrogen-bond acceptors (Lipinski definition) is 2. The molecule has 0 spiro atoms. The number of carbonyl (C=O) groups is 1. The third-order valence-electron chi connectivity index (χ3n) is 6.01. The Kier molecular flexibility index (Phi) is 5.94. The van der Waals surface area contributed by atoms with Crippen LogP contribution in [0.5, 0.6) is 0 Å². The van der Waals surface area contributed by atoms with E-state index in [1.165, 1.54) is 37.7 Å². The van der Waals surface area contributed by atoms with Crippen molar-refractivity contribution in [1.82, 2.24) is 9.80 Å². The molecule has 3 nitrogen and oxygen atoms in total. The maximum atomic E-state index is 12.9. The Morgan fingerprint density at radius 1 is 1.08 bits per heavy atom. The molecule has 3 heteroatoms. The maximum Gasteiger partial charge on any atom is 0.239 e. The number of nitrogens with zero attached hydrogens (tertiary/aromatic N) is 2. The highest BCUT2D eigenvalue weighted by molar-refractivity contribution is 5.81. The number of carbonyl (C=O) groups excluding carboxylic acids is 1. The zero-order valence-electron chi connectivity index (χ0n) is 15.3. The average Bonchev–Trinajstić information content (AvgIpc) is 2.62. The standard InChI is InChI=1S/C21H32N2O/c1-17-8-6-7-13-23(17)21(24)18(2)22-14-11-20(12-15-22)16-19-9-4-3-5-10-19/h3-5,9-10,17-18,20H,6-8,11-16H2,1-2H3/t17-,18-/m1/s1. The lowest BCUT2D eigenvalue weighted by atomic mass is 9.89. The molecule has 2 heterocycles. The summed E-state index contributed by atoms with van der Waals surface area (Å²) in [7, 11) is 0. The summed E-state index contributed by atoms with van der Waals surface area (Å²) in [6.45, 7) is 7.39. The van der Waals surface area contributed by atoms with Crippen LogP contribution in [-0.2, 0) is 11.2 Å².